The van der Waals surface area contributed by atoms with Crippen molar-refractivity contribution in [1.29, 1.82) is 0 Å². The molecule has 1 aromatic carbocycles. The summed E-state index contributed by atoms with van der Waals surface area (Å²) in [5.74, 6) is 0.607. The maximum atomic E-state index is 12.5. The molecule has 3 rings (SSSR count). The minimum atomic E-state index is -2.98. The van der Waals surface area contributed by atoms with Crippen molar-refractivity contribution in [2.75, 3.05) is 28.3 Å². The Morgan fingerprint density at radius 2 is 1.93 bits per heavy atom. The number of aromatic nitrogens is 2. The lowest BCUT2D eigenvalue weighted by atomic mass is 10.1. The highest BCUT2D eigenvalue weighted by Gasteiger charge is 2.32. The number of aryl methyl sites for hydroxylation is 2. The van der Waals surface area contributed by atoms with E-state index in [1.807, 2.05) is 43.9 Å². The fourth-order valence-corrected chi connectivity index (χ4v) is 5.14. The maximum Gasteiger partial charge on any atom is 0.275 e. The van der Waals surface area contributed by atoms with Crippen LogP contribution in [-0.2, 0) is 9.84 Å². The minimum Gasteiger partial charge on any atom is -0.352 e. The van der Waals surface area contributed by atoms with Gasteiger partial charge in [0.1, 0.15) is 11.5 Å². The zero-order valence-electron chi connectivity index (χ0n) is 15.8. The zero-order chi connectivity index (χ0) is 19.6. The molecule has 1 saturated heterocycles. The SMILES string of the molecule is CCN(c1cnc(C(=O)Nc2c(C)cccc2C)cn1)C1CCS(=O)(=O)C1. The van der Waals surface area contributed by atoms with Crippen molar-refractivity contribution in [3.8, 4) is 0 Å². The third kappa shape index (κ3) is 4.27. The minimum absolute atomic E-state index is 0.0939. The predicted molar refractivity (Wildman–Crippen MR) is 106 cm³/mol. The van der Waals surface area contributed by atoms with E-state index in [2.05, 4.69) is 15.3 Å². The molecule has 2 aromatic rings. The number of sulfone groups is 1. The Labute approximate surface area is 159 Å². The molecular formula is C19H24N4O3S. The number of nitrogens with zero attached hydrogens (tertiary/aromatic N) is 3. The van der Waals surface area contributed by atoms with Crippen molar-refractivity contribution >= 4 is 27.2 Å². The monoisotopic (exact) mass is 388 g/mol. The first-order valence-electron chi connectivity index (χ1n) is 8.97. The fourth-order valence-electron chi connectivity index (χ4n) is 3.40. The summed E-state index contributed by atoms with van der Waals surface area (Å²) >= 11 is 0. The van der Waals surface area contributed by atoms with E-state index in [-0.39, 0.29) is 29.1 Å². The molecular weight excluding hydrogens is 364 g/mol. The number of hydrogen-bond donors (Lipinski definition) is 1. The van der Waals surface area contributed by atoms with Gasteiger partial charge in [-0.15, -0.1) is 0 Å². The van der Waals surface area contributed by atoms with Gasteiger partial charge in [0.05, 0.1) is 23.9 Å². The van der Waals surface area contributed by atoms with Crippen molar-refractivity contribution in [2.24, 2.45) is 0 Å². The van der Waals surface area contributed by atoms with E-state index in [9.17, 15) is 13.2 Å². The van der Waals surface area contributed by atoms with Gasteiger partial charge in [-0.2, -0.15) is 0 Å². The molecule has 144 valence electrons. The van der Waals surface area contributed by atoms with Crippen LogP contribution in [0.1, 0.15) is 35.0 Å². The average molecular weight is 388 g/mol. The van der Waals surface area contributed by atoms with E-state index in [0.29, 0.717) is 18.8 Å². The summed E-state index contributed by atoms with van der Waals surface area (Å²) in [5, 5.41) is 2.89. The molecule has 1 aliphatic heterocycles. The summed E-state index contributed by atoms with van der Waals surface area (Å²) in [5.41, 5.74) is 2.95. The number of anilines is 2. The second-order valence-electron chi connectivity index (χ2n) is 6.82. The molecule has 2 heterocycles. The van der Waals surface area contributed by atoms with Crippen LogP contribution in [0.3, 0.4) is 0 Å². The molecule has 27 heavy (non-hydrogen) atoms. The van der Waals surface area contributed by atoms with Crippen molar-refractivity contribution in [3.05, 3.63) is 47.4 Å². The van der Waals surface area contributed by atoms with E-state index in [1.165, 1.54) is 12.4 Å². The van der Waals surface area contributed by atoms with Gasteiger partial charge in [0.2, 0.25) is 0 Å². The molecule has 1 atom stereocenters. The average Bonchev–Trinajstić information content (AvgIpc) is 2.99. The number of carbonyl (C=O) groups excluding carboxylic acids is 1. The van der Waals surface area contributed by atoms with E-state index in [4.69, 9.17) is 0 Å². The largest absolute Gasteiger partial charge is 0.352 e. The Morgan fingerprint density at radius 1 is 1.22 bits per heavy atom. The summed E-state index contributed by atoms with van der Waals surface area (Å²) in [4.78, 5) is 23.0. The van der Waals surface area contributed by atoms with E-state index in [1.54, 1.807) is 0 Å². The summed E-state index contributed by atoms with van der Waals surface area (Å²) in [6.45, 7) is 6.45. The number of nitrogens with one attached hydrogen (secondary N) is 1. The highest BCUT2D eigenvalue weighted by molar-refractivity contribution is 7.91. The first-order chi connectivity index (χ1) is 12.8. The number of hydrogen-bond acceptors (Lipinski definition) is 6. The van der Waals surface area contributed by atoms with Gasteiger partial charge in [-0.25, -0.2) is 18.4 Å². The van der Waals surface area contributed by atoms with Gasteiger partial charge < -0.3 is 10.2 Å². The third-order valence-corrected chi connectivity index (χ3v) is 6.62. The summed E-state index contributed by atoms with van der Waals surface area (Å²) in [7, 11) is -2.98. The number of benzene rings is 1. The zero-order valence-corrected chi connectivity index (χ0v) is 16.6. The summed E-state index contributed by atoms with van der Waals surface area (Å²) in [6, 6.07) is 5.72. The van der Waals surface area contributed by atoms with Crippen molar-refractivity contribution in [2.45, 2.75) is 33.2 Å². The number of amides is 1. The fraction of sp³-hybridized carbons (Fsp3) is 0.421. The van der Waals surface area contributed by atoms with E-state index >= 15 is 0 Å². The van der Waals surface area contributed by atoms with Gasteiger partial charge in [0.25, 0.3) is 5.91 Å². The molecule has 1 amide bonds. The first-order valence-corrected chi connectivity index (χ1v) is 10.8. The Morgan fingerprint density at radius 3 is 2.44 bits per heavy atom. The van der Waals surface area contributed by atoms with Gasteiger partial charge in [-0.1, -0.05) is 18.2 Å². The molecule has 1 N–H and O–H groups in total. The summed E-state index contributed by atoms with van der Waals surface area (Å²) in [6.07, 6.45) is 3.56. The standard InChI is InChI=1S/C19H24N4O3S/c1-4-23(15-8-9-27(25,26)12-15)17-11-20-16(10-21-17)19(24)22-18-13(2)6-5-7-14(18)3/h5-7,10-11,15H,4,8-9,12H2,1-3H3,(H,22,24). The van der Waals surface area contributed by atoms with E-state index < -0.39 is 9.84 Å². The molecule has 0 bridgehead atoms. The van der Waals surface area contributed by atoms with Crippen LogP contribution < -0.4 is 10.2 Å². The quantitative estimate of drug-likeness (QED) is 0.845. The van der Waals surface area contributed by atoms with Crippen LogP contribution in [0.2, 0.25) is 0 Å². The second kappa shape index (κ2) is 7.64. The molecule has 8 heteroatoms. The predicted octanol–water partition coefficient (Wildman–Crippen LogP) is 2.36. The molecule has 1 unspecified atom stereocenters. The smallest absolute Gasteiger partial charge is 0.275 e. The van der Waals surface area contributed by atoms with Crippen LogP contribution in [-0.4, -0.2) is 48.4 Å². The Balaban J connectivity index is 1.75. The normalized spacial score (nSPS) is 18.3. The van der Waals surface area contributed by atoms with Gasteiger partial charge in [-0.3, -0.25) is 4.79 Å². The van der Waals surface area contributed by atoms with Crippen LogP contribution in [0.25, 0.3) is 0 Å². The van der Waals surface area contributed by atoms with Crippen molar-refractivity contribution < 1.29 is 13.2 Å². The topological polar surface area (TPSA) is 92.3 Å². The first kappa shape index (κ1) is 19.3. The maximum absolute atomic E-state index is 12.5. The van der Waals surface area contributed by atoms with Crippen LogP contribution in [0, 0.1) is 13.8 Å². The number of para-hydroxylation sites is 1. The third-order valence-electron chi connectivity index (χ3n) is 4.87. The van der Waals surface area contributed by atoms with Crippen LogP contribution >= 0.6 is 0 Å². The molecule has 0 radical (unpaired) electrons. The Kier molecular flexibility index (Phi) is 5.46. The second-order valence-corrected chi connectivity index (χ2v) is 9.05. The lowest BCUT2D eigenvalue weighted by molar-refractivity contribution is 0.102. The van der Waals surface area contributed by atoms with Gasteiger partial charge >= 0.3 is 0 Å². The highest BCUT2D eigenvalue weighted by atomic mass is 32.2. The Hall–Kier alpha value is -2.48. The Bertz CT molecular complexity index is 922. The highest BCUT2D eigenvalue weighted by Crippen LogP contribution is 2.23. The molecule has 0 spiro atoms. The van der Waals surface area contributed by atoms with Crippen LogP contribution in [0.4, 0.5) is 11.5 Å². The lowest BCUT2D eigenvalue weighted by Gasteiger charge is -2.27. The van der Waals surface area contributed by atoms with E-state index in [0.717, 1.165) is 16.8 Å². The van der Waals surface area contributed by atoms with Crippen LogP contribution in [0.5, 0.6) is 0 Å². The molecule has 7 nitrogen and oxygen atoms in total. The lowest BCUT2D eigenvalue weighted by Crippen LogP contribution is -2.36. The van der Waals surface area contributed by atoms with Gasteiger partial charge in [0.15, 0.2) is 9.84 Å². The number of rotatable bonds is 5. The van der Waals surface area contributed by atoms with Crippen LogP contribution in [0.15, 0.2) is 30.6 Å². The molecule has 0 aliphatic carbocycles. The molecule has 1 fully saturated rings. The van der Waals surface area contributed by atoms with Gasteiger partial charge in [-0.05, 0) is 38.3 Å². The van der Waals surface area contributed by atoms with Crippen molar-refractivity contribution in [1.82, 2.24) is 9.97 Å². The number of carbonyl (C=O) groups is 1. The molecule has 1 aliphatic rings. The summed E-state index contributed by atoms with van der Waals surface area (Å²) < 4.78 is 23.5. The molecule has 0 saturated carbocycles. The van der Waals surface area contributed by atoms with Gasteiger partial charge in [0, 0.05) is 18.3 Å². The van der Waals surface area contributed by atoms with Crippen molar-refractivity contribution in [3.63, 3.8) is 0 Å². The molecule has 1 aromatic heterocycles.